The van der Waals surface area contributed by atoms with Gasteiger partial charge in [-0.05, 0) is 45.4 Å². The average Bonchev–Trinajstić information content (AvgIpc) is 2.79. The highest BCUT2D eigenvalue weighted by molar-refractivity contribution is 5.72. The lowest BCUT2D eigenvalue weighted by molar-refractivity contribution is 0.529. The monoisotopic (exact) mass is 316 g/mol. The third-order valence-corrected chi connectivity index (χ3v) is 4.52. The number of aromatic nitrogens is 2. The molecular weight excluding hydrogens is 291 g/mol. The molecule has 23 heavy (non-hydrogen) atoms. The fourth-order valence-corrected chi connectivity index (χ4v) is 3.12. The molecule has 0 radical (unpaired) electrons. The molecule has 124 valence electrons. The van der Waals surface area contributed by atoms with Gasteiger partial charge in [0, 0.05) is 44.5 Å². The second kappa shape index (κ2) is 6.22. The minimum atomic E-state index is -0.182. The van der Waals surface area contributed by atoms with Crippen LogP contribution in [0.15, 0.2) is 24.4 Å². The summed E-state index contributed by atoms with van der Waals surface area (Å²) in [6, 6.07) is 5.43. The summed E-state index contributed by atoms with van der Waals surface area (Å²) in [6.45, 7) is 8.98. The summed E-state index contributed by atoms with van der Waals surface area (Å²) in [5, 5.41) is 4.59. The molecule has 0 amide bonds. The smallest absolute Gasteiger partial charge is 0.125 e. The van der Waals surface area contributed by atoms with Crippen molar-refractivity contribution in [2.45, 2.75) is 39.8 Å². The van der Waals surface area contributed by atoms with E-state index < -0.39 is 0 Å². The van der Waals surface area contributed by atoms with Gasteiger partial charge in [-0.2, -0.15) is 5.10 Å². The fourth-order valence-electron chi connectivity index (χ4n) is 3.12. The molecule has 2 heterocycles. The van der Waals surface area contributed by atoms with Gasteiger partial charge in [-0.15, -0.1) is 0 Å². The summed E-state index contributed by atoms with van der Waals surface area (Å²) < 4.78 is 15.8. The Bertz CT molecular complexity index is 692. The average molecular weight is 316 g/mol. The Labute approximate surface area is 137 Å². The van der Waals surface area contributed by atoms with Gasteiger partial charge in [-0.1, -0.05) is 0 Å². The highest BCUT2D eigenvalue weighted by atomic mass is 19.1. The van der Waals surface area contributed by atoms with Crippen molar-refractivity contribution >= 4 is 11.4 Å². The number of nitrogens with zero attached hydrogens (tertiary/aromatic N) is 4. The standard InChI is InChI=1S/C18H25FN4/c1-13(2)23-12-15(14(3)20-23)11-22-9-5-8-21(4)17-7-6-16(19)10-18(17)22/h6-7,10,12-13H,5,8-9,11H2,1-4H3. The van der Waals surface area contributed by atoms with E-state index in [1.54, 1.807) is 12.1 Å². The van der Waals surface area contributed by atoms with Crippen molar-refractivity contribution in [3.63, 3.8) is 0 Å². The molecule has 0 atom stereocenters. The molecule has 5 heteroatoms. The zero-order valence-electron chi connectivity index (χ0n) is 14.4. The lowest BCUT2D eigenvalue weighted by Gasteiger charge is -2.26. The van der Waals surface area contributed by atoms with E-state index in [-0.39, 0.29) is 5.82 Å². The maximum atomic E-state index is 13.8. The van der Waals surface area contributed by atoms with Crippen LogP contribution < -0.4 is 9.80 Å². The van der Waals surface area contributed by atoms with Gasteiger partial charge < -0.3 is 9.80 Å². The molecule has 3 rings (SSSR count). The summed E-state index contributed by atoms with van der Waals surface area (Å²) in [7, 11) is 2.07. The van der Waals surface area contributed by atoms with Crippen molar-refractivity contribution in [1.29, 1.82) is 0 Å². The van der Waals surface area contributed by atoms with Crippen LogP contribution in [0.4, 0.5) is 15.8 Å². The first-order valence-corrected chi connectivity index (χ1v) is 8.26. The molecule has 1 aliphatic rings. The number of rotatable bonds is 3. The van der Waals surface area contributed by atoms with Crippen molar-refractivity contribution in [3.05, 3.63) is 41.5 Å². The molecule has 1 aromatic carbocycles. The predicted octanol–water partition coefficient (Wildman–Crippen LogP) is 3.76. The Hall–Kier alpha value is -2.04. The normalized spacial score (nSPS) is 15.0. The highest BCUT2D eigenvalue weighted by Crippen LogP contribution is 2.33. The Morgan fingerprint density at radius 1 is 1.22 bits per heavy atom. The van der Waals surface area contributed by atoms with Crippen molar-refractivity contribution in [3.8, 4) is 0 Å². The molecule has 0 fully saturated rings. The lowest BCUT2D eigenvalue weighted by atomic mass is 10.2. The van der Waals surface area contributed by atoms with Crippen LogP contribution in [0, 0.1) is 12.7 Å². The van der Waals surface area contributed by atoms with E-state index in [4.69, 9.17) is 0 Å². The van der Waals surface area contributed by atoms with Crippen LogP contribution in [0.25, 0.3) is 0 Å². The molecule has 4 nitrogen and oxygen atoms in total. The zero-order valence-corrected chi connectivity index (χ0v) is 14.4. The van der Waals surface area contributed by atoms with E-state index in [0.29, 0.717) is 6.04 Å². The Morgan fingerprint density at radius 2 is 2.00 bits per heavy atom. The van der Waals surface area contributed by atoms with Crippen LogP contribution in [0.1, 0.15) is 37.6 Å². The van der Waals surface area contributed by atoms with Crippen LogP contribution in [-0.4, -0.2) is 29.9 Å². The molecule has 0 unspecified atom stereocenters. The number of aryl methyl sites for hydroxylation is 1. The first-order valence-electron chi connectivity index (χ1n) is 8.26. The quantitative estimate of drug-likeness (QED) is 0.862. The van der Waals surface area contributed by atoms with Gasteiger partial charge in [0.2, 0.25) is 0 Å². The summed E-state index contributed by atoms with van der Waals surface area (Å²) in [5.41, 5.74) is 4.33. The van der Waals surface area contributed by atoms with Crippen LogP contribution >= 0.6 is 0 Å². The van der Waals surface area contributed by atoms with Crippen LogP contribution in [0.2, 0.25) is 0 Å². The van der Waals surface area contributed by atoms with Crippen molar-refractivity contribution in [2.24, 2.45) is 0 Å². The molecule has 0 bridgehead atoms. The number of fused-ring (bicyclic) bond motifs is 1. The fraction of sp³-hybridized carbons (Fsp3) is 0.500. The van der Waals surface area contributed by atoms with E-state index >= 15 is 0 Å². The van der Waals surface area contributed by atoms with Gasteiger partial charge in [0.1, 0.15) is 5.82 Å². The number of benzene rings is 1. The molecule has 0 N–H and O–H groups in total. The van der Waals surface area contributed by atoms with Crippen molar-refractivity contribution in [1.82, 2.24) is 9.78 Å². The largest absolute Gasteiger partial charge is 0.373 e. The van der Waals surface area contributed by atoms with E-state index in [2.05, 4.69) is 42.0 Å². The van der Waals surface area contributed by atoms with Gasteiger partial charge in [-0.3, -0.25) is 4.68 Å². The molecule has 0 aliphatic carbocycles. The molecular formula is C18H25FN4. The van der Waals surface area contributed by atoms with Crippen LogP contribution in [0.3, 0.4) is 0 Å². The van der Waals surface area contributed by atoms with E-state index in [0.717, 1.165) is 43.1 Å². The molecule has 0 saturated carbocycles. The second-order valence-corrected chi connectivity index (χ2v) is 6.64. The van der Waals surface area contributed by atoms with Crippen molar-refractivity contribution in [2.75, 3.05) is 29.9 Å². The van der Waals surface area contributed by atoms with Gasteiger partial charge in [-0.25, -0.2) is 4.39 Å². The first kappa shape index (κ1) is 15.8. The van der Waals surface area contributed by atoms with E-state index in [1.807, 2.05) is 17.7 Å². The summed E-state index contributed by atoms with van der Waals surface area (Å²) in [5.74, 6) is -0.182. The van der Waals surface area contributed by atoms with Gasteiger partial charge in [0.15, 0.2) is 0 Å². The molecule has 1 aromatic heterocycles. The number of halogens is 1. The number of hydrogen-bond acceptors (Lipinski definition) is 3. The lowest BCUT2D eigenvalue weighted by Crippen LogP contribution is -2.23. The Kier molecular flexibility index (Phi) is 4.28. The zero-order chi connectivity index (χ0) is 16.6. The SMILES string of the molecule is Cc1nn(C(C)C)cc1CN1CCCN(C)c2ccc(F)cc21. The van der Waals surface area contributed by atoms with Gasteiger partial charge >= 0.3 is 0 Å². The van der Waals surface area contributed by atoms with Crippen LogP contribution in [-0.2, 0) is 6.54 Å². The minimum absolute atomic E-state index is 0.182. The van der Waals surface area contributed by atoms with E-state index in [9.17, 15) is 4.39 Å². The molecule has 1 aliphatic heterocycles. The predicted molar refractivity (Wildman–Crippen MR) is 92.7 cm³/mol. The highest BCUT2D eigenvalue weighted by Gasteiger charge is 2.20. The van der Waals surface area contributed by atoms with Gasteiger partial charge in [0.05, 0.1) is 17.1 Å². The first-order chi connectivity index (χ1) is 11.0. The van der Waals surface area contributed by atoms with Crippen LogP contribution in [0.5, 0.6) is 0 Å². The maximum Gasteiger partial charge on any atom is 0.125 e. The molecule has 0 saturated heterocycles. The molecule has 0 spiro atoms. The van der Waals surface area contributed by atoms with E-state index in [1.165, 1.54) is 5.56 Å². The third-order valence-electron chi connectivity index (χ3n) is 4.52. The Balaban J connectivity index is 1.94. The topological polar surface area (TPSA) is 24.3 Å². The summed E-state index contributed by atoms with van der Waals surface area (Å²) in [6.07, 6.45) is 3.18. The second-order valence-electron chi connectivity index (χ2n) is 6.64. The number of anilines is 2. The minimum Gasteiger partial charge on any atom is -0.373 e. The Morgan fingerprint density at radius 3 is 2.70 bits per heavy atom. The summed E-state index contributed by atoms with van der Waals surface area (Å²) >= 11 is 0. The molecule has 2 aromatic rings. The number of hydrogen-bond donors (Lipinski definition) is 0. The van der Waals surface area contributed by atoms with Gasteiger partial charge in [0.25, 0.3) is 0 Å². The summed E-state index contributed by atoms with van der Waals surface area (Å²) in [4.78, 5) is 4.48. The van der Waals surface area contributed by atoms with Crippen molar-refractivity contribution < 1.29 is 4.39 Å². The third kappa shape index (κ3) is 3.19. The maximum absolute atomic E-state index is 13.8.